The molecule has 1 aromatic heterocycles. The van der Waals surface area contributed by atoms with Gasteiger partial charge in [0.1, 0.15) is 11.4 Å². The van der Waals surface area contributed by atoms with Gasteiger partial charge in [-0.15, -0.1) is 0 Å². The van der Waals surface area contributed by atoms with Crippen molar-refractivity contribution in [1.29, 1.82) is 0 Å². The van der Waals surface area contributed by atoms with E-state index in [9.17, 15) is 14.0 Å². The van der Waals surface area contributed by atoms with E-state index in [4.69, 9.17) is 27.9 Å². The number of benzene rings is 1. The van der Waals surface area contributed by atoms with Gasteiger partial charge in [0.2, 0.25) is 5.95 Å². The van der Waals surface area contributed by atoms with Crippen molar-refractivity contribution in [2.75, 3.05) is 20.2 Å². The Morgan fingerprint density at radius 3 is 2.80 bits per heavy atom. The molecule has 1 fully saturated rings. The average Bonchev–Trinajstić information content (AvgIpc) is 3.20. The van der Waals surface area contributed by atoms with Crippen molar-refractivity contribution in [3.63, 3.8) is 0 Å². The summed E-state index contributed by atoms with van der Waals surface area (Å²) in [5.41, 5.74) is 0.313. The summed E-state index contributed by atoms with van der Waals surface area (Å²) in [5, 5.41) is 3.30. The molecule has 2 amide bonds. The summed E-state index contributed by atoms with van der Waals surface area (Å²) in [5.74, 6) is -0.789. The standard InChI is InChI=1S/C21H22Cl2FN3O3/c1-30-14-6-7-15(17(23)12-14)20(28)25-10-2-4-13-5-3-11-27(13)21(29)19-16(22)8-9-18(24)26-19/h6-9,12-13H,2-5,10-11H2,1H3,(H,25,28)/t13-/m0/s1. The topological polar surface area (TPSA) is 71.5 Å². The van der Waals surface area contributed by atoms with Crippen molar-refractivity contribution in [3.8, 4) is 5.75 Å². The second kappa shape index (κ2) is 10.1. The molecule has 1 atom stereocenters. The van der Waals surface area contributed by atoms with E-state index in [-0.39, 0.29) is 28.6 Å². The highest BCUT2D eigenvalue weighted by Crippen LogP contribution is 2.26. The molecule has 30 heavy (non-hydrogen) atoms. The molecule has 1 aliphatic heterocycles. The van der Waals surface area contributed by atoms with Crippen LogP contribution >= 0.6 is 23.2 Å². The number of aromatic nitrogens is 1. The van der Waals surface area contributed by atoms with Crippen LogP contribution in [0.4, 0.5) is 4.39 Å². The molecular formula is C21H22Cl2FN3O3. The Hall–Kier alpha value is -2.38. The molecule has 6 nitrogen and oxygen atoms in total. The zero-order valence-electron chi connectivity index (χ0n) is 16.5. The van der Waals surface area contributed by atoms with Crippen LogP contribution in [0.1, 0.15) is 46.5 Å². The van der Waals surface area contributed by atoms with Crippen LogP contribution < -0.4 is 10.1 Å². The minimum Gasteiger partial charge on any atom is -0.497 e. The number of nitrogens with zero attached hydrogens (tertiary/aromatic N) is 2. The molecule has 0 aliphatic carbocycles. The number of amides is 2. The number of ether oxygens (including phenoxy) is 1. The Labute approximate surface area is 184 Å². The number of carbonyl (C=O) groups excluding carboxylic acids is 2. The zero-order chi connectivity index (χ0) is 21.7. The molecule has 1 N–H and O–H groups in total. The fraction of sp³-hybridized carbons (Fsp3) is 0.381. The van der Waals surface area contributed by atoms with Crippen LogP contribution in [0.3, 0.4) is 0 Å². The van der Waals surface area contributed by atoms with Gasteiger partial charge < -0.3 is 15.0 Å². The molecule has 2 aromatic rings. The van der Waals surface area contributed by atoms with Crippen LogP contribution in [0.15, 0.2) is 30.3 Å². The number of carbonyl (C=O) groups is 2. The maximum absolute atomic E-state index is 13.4. The second-order valence-electron chi connectivity index (χ2n) is 7.00. The number of halogens is 3. The third-order valence-electron chi connectivity index (χ3n) is 5.07. The quantitative estimate of drug-likeness (QED) is 0.499. The summed E-state index contributed by atoms with van der Waals surface area (Å²) in [6.07, 6.45) is 3.08. The van der Waals surface area contributed by atoms with Gasteiger partial charge in [-0.1, -0.05) is 23.2 Å². The molecule has 0 spiro atoms. The first-order valence-corrected chi connectivity index (χ1v) is 10.4. The van der Waals surface area contributed by atoms with E-state index in [1.807, 2.05) is 0 Å². The van der Waals surface area contributed by atoms with E-state index in [1.54, 1.807) is 23.1 Å². The molecular weight excluding hydrogens is 432 g/mol. The molecule has 9 heteroatoms. The molecule has 160 valence electrons. The van der Waals surface area contributed by atoms with Crippen molar-refractivity contribution < 1.29 is 18.7 Å². The number of pyridine rings is 1. The third-order valence-corrected chi connectivity index (χ3v) is 5.69. The maximum atomic E-state index is 13.4. The van der Waals surface area contributed by atoms with E-state index in [2.05, 4.69) is 10.3 Å². The van der Waals surface area contributed by atoms with Crippen LogP contribution in [-0.4, -0.2) is 47.9 Å². The first kappa shape index (κ1) is 22.3. The normalized spacial score (nSPS) is 15.9. The number of rotatable bonds is 7. The molecule has 1 aliphatic rings. The van der Waals surface area contributed by atoms with Gasteiger partial charge >= 0.3 is 0 Å². The average molecular weight is 454 g/mol. The van der Waals surface area contributed by atoms with Crippen LogP contribution in [0.2, 0.25) is 10.0 Å². The number of methoxy groups -OCH3 is 1. The fourth-order valence-electron chi connectivity index (χ4n) is 3.55. The van der Waals surface area contributed by atoms with Crippen LogP contribution in [0.25, 0.3) is 0 Å². The monoisotopic (exact) mass is 453 g/mol. The molecule has 2 heterocycles. The van der Waals surface area contributed by atoms with Crippen molar-refractivity contribution in [2.45, 2.75) is 31.7 Å². The lowest BCUT2D eigenvalue weighted by Crippen LogP contribution is -2.37. The fourth-order valence-corrected chi connectivity index (χ4v) is 3.99. The number of likely N-dealkylation sites (tertiary alicyclic amines) is 1. The van der Waals surface area contributed by atoms with Gasteiger partial charge in [0.15, 0.2) is 0 Å². The van der Waals surface area contributed by atoms with Crippen LogP contribution in [0.5, 0.6) is 5.75 Å². The number of hydrogen-bond acceptors (Lipinski definition) is 4. The minimum atomic E-state index is -0.738. The highest BCUT2D eigenvalue weighted by atomic mass is 35.5. The lowest BCUT2D eigenvalue weighted by Gasteiger charge is -2.24. The van der Waals surface area contributed by atoms with E-state index in [0.29, 0.717) is 42.3 Å². The second-order valence-corrected chi connectivity index (χ2v) is 7.82. The molecule has 3 rings (SSSR count). The summed E-state index contributed by atoms with van der Waals surface area (Å²) in [7, 11) is 1.53. The van der Waals surface area contributed by atoms with Gasteiger partial charge in [0, 0.05) is 19.1 Å². The Kier molecular flexibility index (Phi) is 7.50. The van der Waals surface area contributed by atoms with Gasteiger partial charge in [-0.3, -0.25) is 9.59 Å². The maximum Gasteiger partial charge on any atom is 0.274 e. The zero-order valence-corrected chi connectivity index (χ0v) is 18.0. The number of nitrogens with one attached hydrogen (secondary N) is 1. The lowest BCUT2D eigenvalue weighted by atomic mass is 10.1. The van der Waals surface area contributed by atoms with Gasteiger partial charge in [0.25, 0.3) is 11.8 Å². The molecule has 0 unspecified atom stereocenters. The highest BCUT2D eigenvalue weighted by molar-refractivity contribution is 6.34. The largest absolute Gasteiger partial charge is 0.497 e. The Balaban J connectivity index is 1.52. The first-order chi connectivity index (χ1) is 14.4. The van der Waals surface area contributed by atoms with Crippen molar-refractivity contribution in [3.05, 3.63) is 57.6 Å². The van der Waals surface area contributed by atoms with Gasteiger partial charge in [0.05, 0.1) is 22.7 Å². The predicted octanol–water partition coefficient (Wildman–Crippen LogP) is 4.35. The van der Waals surface area contributed by atoms with E-state index >= 15 is 0 Å². The molecule has 0 bridgehead atoms. The Bertz CT molecular complexity index is 942. The third kappa shape index (κ3) is 5.21. The highest BCUT2D eigenvalue weighted by Gasteiger charge is 2.31. The summed E-state index contributed by atoms with van der Waals surface area (Å²) in [6, 6.07) is 7.34. The predicted molar refractivity (Wildman–Crippen MR) is 113 cm³/mol. The first-order valence-electron chi connectivity index (χ1n) is 9.65. The summed E-state index contributed by atoms with van der Waals surface area (Å²) >= 11 is 12.2. The van der Waals surface area contributed by atoms with Crippen molar-refractivity contribution >= 4 is 35.0 Å². The molecule has 0 saturated carbocycles. The van der Waals surface area contributed by atoms with E-state index in [0.717, 1.165) is 18.9 Å². The molecule has 0 radical (unpaired) electrons. The Morgan fingerprint density at radius 2 is 2.07 bits per heavy atom. The van der Waals surface area contributed by atoms with Gasteiger partial charge in [-0.25, -0.2) is 4.98 Å². The van der Waals surface area contributed by atoms with Crippen molar-refractivity contribution in [2.24, 2.45) is 0 Å². The smallest absolute Gasteiger partial charge is 0.274 e. The Morgan fingerprint density at radius 1 is 1.27 bits per heavy atom. The molecule has 1 aromatic carbocycles. The summed E-state index contributed by atoms with van der Waals surface area (Å²) in [4.78, 5) is 30.4. The van der Waals surface area contributed by atoms with Crippen LogP contribution in [-0.2, 0) is 0 Å². The van der Waals surface area contributed by atoms with Gasteiger partial charge in [-0.2, -0.15) is 4.39 Å². The van der Waals surface area contributed by atoms with E-state index < -0.39 is 5.95 Å². The van der Waals surface area contributed by atoms with Gasteiger partial charge in [-0.05, 0) is 56.0 Å². The summed E-state index contributed by atoms with van der Waals surface area (Å²) < 4.78 is 18.5. The number of hydrogen-bond donors (Lipinski definition) is 1. The lowest BCUT2D eigenvalue weighted by molar-refractivity contribution is 0.0720. The SMILES string of the molecule is COc1ccc(C(=O)NCCC[C@H]2CCCN2C(=O)c2nc(F)ccc2Cl)c(Cl)c1. The van der Waals surface area contributed by atoms with E-state index in [1.165, 1.54) is 13.2 Å². The van der Waals surface area contributed by atoms with Crippen LogP contribution in [0, 0.1) is 5.95 Å². The van der Waals surface area contributed by atoms with Crippen molar-refractivity contribution in [1.82, 2.24) is 15.2 Å². The minimum absolute atomic E-state index is 0.000102. The summed E-state index contributed by atoms with van der Waals surface area (Å²) in [6.45, 7) is 1.02. The molecule has 1 saturated heterocycles.